The fourth-order valence-electron chi connectivity index (χ4n) is 2.31. The van der Waals surface area contributed by atoms with E-state index in [-0.39, 0.29) is 18.0 Å². The smallest absolute Gasteiger partial charge is 0.125 e. The Labute approximate surface area is 95.5 Å². The summed E-state index contributed by atoms with van der Waals surface area (Å²) in [5, 5.41) is 13.0. The van der Waals surface area contributed by atoms with Gasteiger partial charge in [0, 0.05) is 5.69 Å². The summed E-state index contributed by atoms with van der Waals surface area (Å²) in [6.45, 7) is 1.87. The van der Waals surface area contributed by atoms with Gasteiger partial charge in [0.2, 0.25) is 0 Å². The number of aryl methyl sites for hydroxylation is 1. The summed E-state index contributed by atoms with van der Waals surface area (Å²) in [5.74, 6) is -0.229. The second kappa shape index (κ2) is 4.83. The van der Waals surface area contributed by atoms with Crippen molar-refractivity contribution in [3.8, 4) is 0 Å². The van der Waals surface area contributed by atoms with Crippen LogP contribution in [0.4, 0.5) is 10.1 Å². The average Bonchev–Trinajstić information content (AvgIpc) is 2.20. The monoisotopic (exact) mass is 223 g/mol. The molecule has 2 N–H and O–H groups in total. The predicted molar refractivity (Wildman–Crippen MR) is 63.0 cm³/mol. The van der Waals surface area contributed by atoms with Gasteiger partial charge < -0.3 is 10.4 Å². The highest BCUT2D eigenvalue weighted by Crippen LogP contribution is 2.23. The Morgan fingerprint density at radius 3 is 2.69 bits per heavy atom. The molecule has 88 valence electrons. The van der Waals surface area contributed by atoms with E-state index < -0.39 is 0 Å². The molecule has 16 heavy (non-hydrogen) atoms. The topological polar surface area (TPSA) is 32.3 Å². The van der Waals surface area contributed by atoms with E-state index in [0.29, 0.717) is 0 Å². The molecule has 2 rings (SSSR count). The van der Waals surface area contributed by atoms with Gasteiger partial charge in [0.05, 0.1) is 12.1 Å². The Balaban J connectivity index is 2.07. The van der Waals surface area contributed by atoms with Gasteiger partial charge in [-0.25, -0.2) is 4.39 Å². The molecule has 1 aromatic carbocycles. The summed E-state index contributed by atoms with van der Waals surface area (Å²) < 4.78 is 13.2. The molecule has 0 heterocycles. The SMILES string of the molecule is Cc1cc(F)cc(NC2CCCCC2O)c1. The van der Waals surface area contributed by atoms with Crippen molar-refractivity contribution in [1.29, 1.82) is 0 Å². The van der Waals surface area contributed by atoms with Crippen molar-refractivity contribution >= 4 is 5.69 Å². The van der Waals surface area contributed by atoms with Crippen LogP contribution in [-0.4, -0.2) is 17.3 Å². The third-order valence-electron chi connectivity index (χ3n) is 3.12. The molecule has 2 atom stereocenters. The molecule has 1 saturated carbocycles. The fraction of sp³-hybridized carbons (Fsp3) is 0.538. The number of hydrogen-bond donors (Lipinski definition) is 2. The molecule has 0 aliphatic heterocycles. The molecule has 0 saturated heterocycles. The van der Waals surface area contributed by atoms with Gasteiger partial charge in [-0.1, -0.05) is 12.8 Å². The second-order valence-electron chi connectivity index (χ2n) is 4.62. The number of aliphatic hydroxyl groups excluding tert-OH is 1. The van der Waals surface area contributed by atoms with E-state index in [1.165, 1.54) is 12.1 Å². The summed E-state index contributed by atoms with van der Waals surface area (Å²) in [5.41, 5.74) is 1.66. The lowest BCUT2D eigenvalue weighted by molar-refractivity contribution is 0.116. The summed E-state index contributed by atoms with van der Waals surface area (Å²) in [7, 11) is 0. The van der Waals surface area contributed by atoms with Gasteiger partial charge in [-0.05, 0) is 43.5 Å². The first-order valence-corrected chi connectivity index (χ1v) is 5.87. The molecule has 2 nitrogen and oxygen atoms in total. The van der Waals surface area contributed by atoms with Crippen LogP contribution in [0.2, 0.25) is 0 Å². The maximum atomic E-state index is 13.2. The zero-order valence-electron chi connectivity index (χ0n) is 9.54. The van der Waals surface area contributed by atoms with E-state index in [9.17, 15) is 9.50 Å². The molecule has 1 aliphatic rings. The number of hydrogen-bond acceptors (Lipinski definition) is 2. The van der Waals surface area contributed by atoms with Gasteiger partial charge in [0.25, 0.3) is 0 Å². The molecule has 0 bridgehead atoms. The van der Waals surface area contributed by atoms with Crippen molar-refractivity contribution in [3.63, 3.8) is 0 Å². The van der Waals surface area contributed by atoms with Crippen molar-refractivity contribution < 1.29 is 9.50 Å². The molecule has 0 radical (unpaired) electrons. The van der Waals surface area contributed by atoms with Crippen LogP contribution in [0, 0.1) is 12.7 Å². The van der Waals surface area contributed by atoms with Gasteiger partial charge in [-0.2, -0.15) is 0 Å². The van der Waals surface area contributed by atoms with E-state index in [1.807, 2.05) is 13.0 Å². The number of anilines is 1. The van der Waals surface area contributed by atoms with Crippen LogP contribution >= 0.6 is 0 Å². The first-order valence-electron chi connectivity index (χ1n) is 5.87. The van der Waals surface area contributed by atoms with Crippen molar-refractivity contribution in [2.75, 3.05) is 5.32 Å². The molecule has 3 heteroatoms. The largest absolute Gasteiger partial charge is 0.391 e. The van der Waals surface area contributed by atoms with Crippen LogP contribution in [0.3, 0.4) is 0 Å². The quantitative estimate of drug-likeness (QED) is 0.808. The number of aliphatic hydroxyl groups is 1. The third-order valence-corrected chi connectivity index (χ3v) is 3.12. The van der Waals surface area contributed by atoms with Crippen molar-refractivity contribution in [2.45, 2.75) is 44.8 Å². The fourth-order valence-corrected chi connectivity index (χ4v) is 2.31. The summed E-state index contributed by atoms with van der Waals surface area (Å²) in [6, 6.07) is 4.95. The van der Waals surface area contributed by atoms with Gasteiger partial charge >= 0.3 is 0 Å². The molecule has 0 spiro atoms. The highest BCUT2D eigenvalue weighted by atomic mass is 19.1. The Kier molecular flexibility index (Phi) is 3.44. The molecular formula is C13H18FNO. The van der Waals surface area contributed by atoms with Crippen molar-refractivity contribution in [3.05, 3.63) is 29.6 Å². The second-order valence-corrected chi connectivity index (χ2v) is 4.62. The maximum absolute atomic E-state index is 13.2. The molecule has 1 aliphatic carbocycles. The lowest BCUT2D eigenvalue weighted by atomic mass is 9.92. The van der Waals surface area contributed by atoms with Crippen LogP contribution in [-0.2, 0) is 0 Å². The van der Waals surface area contributed by atoms with Gasteiger partial charge in [-0.3, -0.25) is 0 Å². The number of benzene rings is 1. The van der Waals surface area contributed by atoms with Crippen LogP contribution in [0.25, 0.3) is 0 Å². The van der Waals surface area contributed by atoms with Crippen molar-refractivity contribution in [1.82, 2.24) is 0 Å². The molecule has 0 aromatic heterocycles. The molecule has 0 amide bonds. The lowest BCUT2D eigenvalue weighted by Gasteiger charge is -2.29. The van der Waals surface area contributed by atoms with Gasteiger partial charge in [0.15, 0.2) is 0 Å². The maximum Gasteiger partial charge on any atom is 0.125 e. The normalized spacial score (nSPS) is 25.4. The molecule has 1 aromatic rings. The molecule has 1 fully saturated rings. The Morgan fingerprint density at radius 2 is 2.00 bits per heavy atom. The van der Waals surface area contributed by atoms with Crippen molar-refractivity contribution in [2.24, 2.45) is 0 Å². The van der Waals surface area contributed by atoms with Gasteiger partial charge in [-0.15, -0.1) is 0 Å². The first kappa shape index (κ1) is 11.4. The van der Waals surface area contributed by atoms with E-state index in [0.717, 1.165) is 36.9 Å². The van der Waals surface area contributed by atoms with E-state index in [2.05, 4.69) is 5.32 Å². The highest BCUT2D eigenvalue weighted by molar-refractivity contribution is 5.47. The Morgan fingerprint density at radius 1 is 1.25 bits per heavy atom. The highest BCUT2D eigenvalue weighted by Gasteiger charge is 2.22. The minimum absolute atomic E-state index is 0.0648. The predicted octanol–water partition coefficient (Wildman–Crippen LogP) is 2.85. The van der Waals surface area contributed by atoms with E-state index >= 15 is 0 Å². The van der Waals surface area contributed by atoms with E-state index in [4.69, 9.17) is 0 Å². The Bertz CT molecular complexity index is 347. The van der Waals surface area contributed by atoms with Crippen LogP contribution < -0.4 is 5.32 Å². The summed E-state index contributed by atoms with van der Waals surface area (Å²) in [6.07, 6.45) is 3.70. The standard InChI is InChI=1S/C13H18FNO/c1-9-6-10(14)8-11(7-9)15-12-4-2-3-5-13(12)16/h6-8,12-13,15-16H,2-5H2,1H3. The first-order chi connectivity index (χ1) is 7.65. The van der Waals surface area contributed by atoms with Crippen LogP contribution in [0.5, 0.6) is 0 Å². The molecule has 2 unspecified atom stereocenters. The third kappa shape index (κ3) is 2.73. The lowest BCUT2D eigenvalue weighted by Crippen LogP contribution is -2.36. The number of halogens is 1. The Hall–Kier alpha value is -1.09. The zero-order chi connectivity index (χ0) is 11.5. The summed E-state index contributed by atoms with van der Waals surface area (Å²) >= 11 is 0. The number of nitrogens with one attached hydrogen (secondary N) is 1. The minimum Gasteiger partial charge on any atom is -0.391 e. The van der Waals surface area contributed by atoms with Crippen LogP contribution in [0.1, 0.15) is 31.2 Å². The minimum atomic E-state index is -0.308. The average molecular weight is 223 g/mol. The number of rotatable bonds is 2. The van der Waals surface area contributed by atoms with Crippen LogP contribution in [0.15, 0.2) is 18.2 Å². The summed E-state index contributed by atoms with van der Waals surface area (Å²) in [4.78, 5) is 0. The van der Waals surface area contributed by atoms with E-state index in [1.54, 1.807) is 0 Å². The van der Waals surface area contributed by atoms with Gasteiger partial charge in [0.1, 0.15) is 5.82 Å². The zero-order valence-corrected chi connectivity index (χ0v) is 9.54. The molecular weight excluding hydrogens is 205 g/mol.